The van der Waals surface area contributed by atoms with Crippen LogP contribution >= 0.6 is 11.8 Å². The first-order valence-electron chi connectivity index (χ1n) is 6.99. The van der Waals surface area contributed by atoms with Crippen LogP contribution in [-0.2, 0) is 17.7 Å². The SMILES string of the molecule is CC(C)(C)c1ccc(CSC(N)=NCc2ccco2)cc1. The van der Waals surface area contributed by atoms with Crippen LogP contribution in [0.2, 0.25) is 0 Å². The van der Waals surface area contributed by atoms with Gasteiger partial charge in [-0.25, -0.2) is 0 Å². The van der Waals surface area contributed by atoms with Crippen molar-refractivity contribution in [3.63, 3.8) is 0 Å². The summed E-state index contributed by atoms with van der Waals surface area (Å²) in [6, 6.07) is 12.4. The van der Waals surface area contributed by atoms with E-state index in [1.807, 2.05) is 12.1 Å². The number of hydrogen-bond donors (Lipinski definition) is 1. The van der Waals surface area contributed by atoms with Gasteiger partial charge in [0.05, 0.1) is 12.8 Å². The summed E-state index contributed by atoms with van der Waals surface area (Å²) in [5, 5.41) is 0.589. The third kappa shape index (κ3) is 4.97. The Hall–Kier alpha value is -1.68. The smallest absolute Gasteiger partial charge is 0.154 e. The van der Waals surface area contributed by atoms with Gasteiger partial charge < -0.3 is 10.2 Å². The lowest BCUT2D eigenvalue weighted by Crippen LogP contribution is -2.11. The average Bonchev–Trinajstić information content (AvgIpc) is 2.95. The summed E-state index contributed by atoms with van der Waals surface area (Å²) in [5.74, 6) is 1.66. The zero-order valence-corrected chi connectivity index (χ0v) is 13.6. The van der Waals surface area contributed by atoms with Crippen molar-refractivity contribution < 1.29 is 4.42 Å². The molecule has 1 aromatic carbocycles. The van der Waals surface area contributed by atoms with Gasteiger partial charge in [-0.3, -0.25) is 4.99 Å². The highest BCUT2D eigenvalue weighted by Crippen LogP contribution is 2.23. The fraction of sp³-hybridized carbons (Fsp3) is 0.353. The van der Waals surface area contributed by atoms with Crippen LogP contribution in [0, 0.1) is 0 Å². The molecule has 2 rings (SSSR count). The maximum atomic E-state index is 5.91. The molecule has 0 amide bonds. The number of nitrogens with zero attached hydrogens (tertiary/aromatic N) is 1. The van der Waals surface area contributed by atoms with Gasteiger partial charge in [-0.1, -0.05) is 56.8 Å². The molecule has 0 unspecified atom stereocenters. The number of rotatable bonds is 4. The minimum absolute atomic E-state index is 0.190. The topological polar surface area (TPSA) is 51.5 Å². The Bertz CT molecular complexity index is 580. The minimum Gasteiger partial charge on any atom is -0.467 e. The fourth-order valence-electron chi connectivity index (χ4n) is 1.86. The molecule has 0 bridgehead atoms. The van der Waals surface area contributed by atoms with Crippen LogP contribution in [0.25, 0.3) is 0 Å². The molecule has 0 spiro atoms. The Balaban J connectivity index is 1.86. The van der Waals surface area contributed by atoms with Gasteiger partial charge in [-0.2, -0.15) is 0 Å². The molecule has 0 aliphatic carbocycles. The van der Waals surface area contributed by atoms with Crippen molar-refractivity contribution in [3.8, 4) is 0 Å². The lowest BCUT2D eigenvalue weighted by molar-refractivity contribution is 0.513. The highest BCUT2D eigenvalue weighted by Gasteiger charge is 2.12. The molecule has 2 aromatic rings. The van der Waals surface area contributed by atoms with Crippen molar-refractivity contribution in [3.05, 3.63) is 59.5 Å². The van der Waals surface area contributed by atoms with Gasteiger partial charge in [0.1, 0.15) is 5.76 Å². The van der Waals surface area contributed by atoms with Gasteiger partial charge in [0.2, 0.25) is 0 Å². The Labute approximate surface area is 130 Å². The van der Waals surface area contributed by atoms with E-state index in [2.05, 4.69) is 50.0 Å². The lowest BCUT2D eigenvalue weighted by Gasteiger charge is -2.19. The Morgan fingerprint density at radius 1 is 1.19 bits per heavy atom. The third-order valence-electron chi connectivity index (χ3n) is 3.18. The molecular weight excluding hydrogens is 280 g/mol. The number of aliphatic imine (C=N–C) groups is 1. The molecule has 2 N–H and O–H groups in total. The van der Waals surface area contributed by atoms with E-state index in [4.69, 9.17) is 10.2 Å². The summed E-state index contributed by atoms with van der Waals surface area (Å²) in [4.78, 5) is 4.30. The van der Waals surface area contributed by atoms with E-state index >= 15 is 0 Å². The summed E-state index contributed by atoms with van der Waals surface area (Å²) < 4.78 is 5.22. The monoisotopic (exact) mass is 302 g/mol. The van der Waals surface area contributed by atoms with E-state index in [1.54, 1.807) is 18.0 Å². The van der Waals surface area contributed by atoms with Gasteiger partial charge in [-0.05, 0) is 28.7 Å². The number of nitrogens with two attached hydrogens (primary N) is 1. The molecule has 21 heavy (non-hydrogen) atoms. The first-order chi connectivity index (χ1) is 9.95. The first kappa shape index (κ1) is 15.7. The second-order valence-electron chi connectivity index (χ2n) is 5.97. The maximum absolute atomic E-state index is 5.91. The van der Waals surface area contributed by atoms with Crippen molar-refractivity contribution in [2.45, 2.75) is 38.5 Å². The molecule has 0 saturated carbocycles. The number of thioether (sulfide) groups is 1. The normalized spacial score (nSPS) is 12.6. The van der Waals surface area contributed by atoms with Crippen LogP contribution < -0.4 is 5.73 Å². The van der Waals surface area contributed by atoms with E-state index in [-0.39, 0.29) is 5.41 Å². The van der Waals surface area contributed by atoms with E-state index in [0.717, 1.165) is 11.5 Å². The first-order valence-corrected chi connectivity index (χ1v) is 7.98. The largest absolute Gasteiger partial charge is 0.467 e. The lowest BCUT2D eigenvalue weighted by atomic mass is 9.87. The summed E-state index contributed by atoms with van der Waals surface area (Å²) in [5.41, 5.74) is 8.70. The number of amidine groups is 1. The predicted octanol–water partition coefficient (Wildman–Crippen LogP) is 4.33. The minimum atomic E-state index is 0.190. The fourth-order valence-corrected chi connectivity index (χ4v) is 2.53. The molecule has 0 aliphatic heterocycles. The second-order valence-corrected chi connectivity index (χ2v) is 6.97. The van der Waals surface area contributed by atoms with Crippen LogP contribution in [0.15, 0.2) is 52.1 Å². The highest BCUT2D eigenvalue weighted by atomic mass is 32.2. The van der Waals surface area contributed by atoms with Crippen molar-refractivity contribution >= 4 is 16.9 Å². The van der Waals surface area contributed by atoms with Gasteiger partial charge in [0.15, 0.2) is 5.17 Å². The van der Waals surface area contributed by atoms with E-state index in [9.17, 15) is 0 Å². The molecular formula is C17H22N2OS. The van der Waals surface area contributed by atoms with E-state index in [1.165, 1.54) is 11.1 Å². The van der Waals surface area contributed by atoms with E-state index < -0.39 is 0 Å². The Morgan fingerprint density at radius 2 is 1.90 bits per heavy atom. The van der Waals surface area contributed by atoms with Crippen molar-refractivity contribution in [2.75, 3.05) is 0 Å². The van der Waals surface area contributed by atoms with Crippen molar-refractivity contribution in [1.82, 2.24) is 0 Å². The maximum Gasteiger partial charge on any atom is 0.154 e. The molecule has 3 nitrogen and oxygen atoms in total. The van der Waals surface area contributed by atoms with E-state index in [0.29, 0.717) is 11.7 Å². The molecule has 0 aliphatic rings. The average molecular weight is 302 g/mol. The van der Waals surface area contributed by atoms with Crippen molar-refractivity contribution in [1.29, 1.82) is 0 Å². The standard InChI is InChI=1S/C17H22N2OS/c1-17(2,3)14-8-6-13(7-9-14)12-21-16(18)19-11-15-5-4-10-20-15/h4-10H,11-12H2,1-3H3,(H2,18,19). The van der Waals surface area contributed by atoms with Crippen LogP contribution in [0.4, 0.5) is 0 Å². The van der Waals surface area contributed by atoms with Crippen LogP contribution in [-0.4, -0.2) is 5.17 Å². The quantitative estimate of drug-likeness (QED) is 0.675. The third-order valence-corrected chi connectivity index (χ3v) is 4.08. The molecule has 4 heteroatoms. The zero-order chi connectivity index (χ0) is 15.3. The van der Waals surface area contributed by atoms with Crippen LogP contribution in [0.5, 0.6) is 0 Å². The second kappa shape index (κ2) is 6.85. The van der Waals surface area contributed by atoms with Gasteiger partial charge in [-0.15, -0.1) is 0 Å². The van der Waals surface area contributed by atoms with Crippen molar-refractivity contribution in [2.24, 2.45) is 10.7 Å². The molecule has 1 heterocycles. The Kier molecular flexibility index (Phi) is 5.12. The van der Waals surface area contributed by atoms with Crippen LogP contribution in [0.3, 0.4) is 0 Å². The summed E-state index contributed by atoms with van der Waals surface area (Å²) in [7, 11) is 0. The van der Waals surface area contributed by atoms with Crippen LogP contribution in [0.1, 0.15) is 37.7 Å². The molecule has 1 aromatic heterocycles. The number of hydrogen-bond acceptors (Lipinski definition) is 3. The molecule has 0 saturated heterocycles. The summed E-state index contributed by atoms with van der Waals surface area (Å²) in [6.07, 6.45) is 1.64. The van der Waals surface area contributed by atoms with Gasteiger partial charge >= 0.3 is 0 Å². The summed E-state index contributed by atoms with van der Waals surface area (Å²) >= 11 is 1.55. The van der Waals surface area contributed by atoms with Gasteiger partial charge in [0.25, 0.3) is 0 Å². The molecule has 0 fully saturated rings. The summed E-state index contributed by atoms with van der Waals surface area (Å²) in [6.45, 7) is 7.15. The molecule has 112 valence electrons. The molecule has 0 atom stereocenters. The highest BCUT2D eigenvalue weighted by molar-refractivity contribution is 8.13. The predicted molar refractivity (Wildman–Crippen MR) is 90.5 cm³/mol. The number of benzene rings is 1. The molecule has 0 radical (unpaired) electrons. The van der Waals surface area contributed by atoms with Gasteiger partial charge in [0, 0.05) is 5.75 Å². The number of furan rings is 1. The zero-order valence-electron chi connectivity index (χ0n) is 12.8. The Morgan fingerprint density at radius 3 is 2.48 bits per heavy atom.